The van der Waals surface area contributed by atoms with Crippen molar-refractivity contribution in [1.29, 1.82) is 5.26 Å². The fraction of sp³-hybridized carbons (Fsp3) is 0.300. The smallest absolute Gasteiger partial charge is 0.144 e. The summed E-state index contributed by atoms with van der Waals surface area (Å²) in [5.41, 5.74) is 7.92. The van der Waals surface area contributed by atoms with Crippen LogP contribution in [0.15, 0.2) is 23.3 Å². The number of ether oxygens (including phenoxy) is 1. The molecule has 16 heavy (non-hydrogen) atoms. The summed E-state index contributed by atoms with van der Waals surface area (Å²) < 4.78 is 18.3. The first-order valence-electron chi connectivity index (χ1n) is 4.62. The second kappa shape index (κ2) is 6.27. The molecular formula is C10H9FN4O. The van der Waals surface area contributed by atoms with Crippen molar-refractivity contribution in [3.63, 3.8) is 0 Å². The zero-order valence-corrected chi connectivity index (χ0v) is 8.43. The minimum Gasteiger partial charge on any atom is -0.492 e. The number of hydrogen-bond donors (Lipinski definition) is 0. The summed E-state index contributed by atoms with van der Waals surface area (Å²) in [7, 11) is 0. The average molecular weight is 220 g/mol. The molecule has 82 valence electrons. The first kappa shape index (κ1) is 11.8. The summed E-state index contributed by atoms with van der Waals surface area (Å²) in [5.74, 6) is -0.390. The van der Waals surface area contributed by atoms with E-state index in [-0.39, 0.29) is 17.9 Å². The van der Waals surface area contributed by atoms with Gasteiger partial charge in [0.15, 0.2) is 0 Å². The molecule has 0 aliphatic carbocycles. The van der Waals surface area contributed by atoms with Crippen LogP contribution in [0, 0.1) is 17.1 Å². The summed E-state index contributed by atoms with van der Waals surface area (Å²) in [4.78, 5) is 2.59. The van der Waals surface area contributed by atoms with E-state index in [1.165, 1.54) is 18.2 Å². The minimum absolute atomic E-state index is 0.105. The zero-order valence-electron chi connectivity index (χ0n) is 8.43. The molecule has 0 saturated heterocycles. The van der Waals surface area contributed by atoms with Crippen LogP contribution in [0.25, 0.3) is 10.4 Å². The van der Waals surface area contributed by atoms with Crippen LogP contribution in [0.5, 0.6) is 5.75 Å². The standard InChI is InChI=1S/C10H9FN4O/c11-9-3-1-4-10(8(9)7-12)16-6-2-5-14-15-13/h1,3-4H,2,5-6H2. The molecule has 0 aliphatic rings. The van der Waals surface area contributed by atoms with Gasteiger partial charge in [0, 0.05) is 11.5 Å². The summed E-state index contributed by atoms with van der Waals surface area (Å²) in [6.07, 6.45) is 0.519. The Bertz CT molecular complexity index is 449. The van der Waals surface area contributed by atoms with Gasteiger partial charge in [-0.15, -0.1) is 0 Å². The molecule has 0 radical (unpaired) electrons. The van der Waals surface area contributed by atoms with Gasteiger partial charge in [-0.25, -0.2) is 4.39 Å². The van der Waals surface area contributed by atoms with E-state index >= 15 is 0 Å². The van der Waals surface area contributed by atoms with Gasteiger partial charge in [0.25, 0.3) is 0 Å². The average Bonchev–Trinajstić information content (AvgIpc) is 2.29. The highest BCUT2D eigenvalue weighted by Gasteiger charge is 2.07. The number of hydrogen-bond acceptors (Lipinski definition) is 3. The van der Waals surface area contributed by atoms with Crippen LogP contribution in [0.1, 0.15) is 12.0 Å². The molecule has 5 nitrogen and oxygen atoms in total. The lowest BCUT2D eigenvalue weighted by Gasteiger charge is -2.06. The zero-order chi connectivity index (χ0) is 11.8. The van der Waals surface area contributed by atoms with Crippen LogP contribution in [-0.2, 0) is 0 Å². The van der Waals surface area contributed by atoms with Gasteiger partial charge in [0.1, 0.15) is 23.2 Å². The fourth-order valence-corrected chi connectivity index (χ4v) is 1.10. The maximum atomic E-state index is 13.1. The Morgan fingerprint density at radius 3 is 3.06 bits per heavy atom. The van der Waals surface area contributed by atoms with E-state index < -0.39 is 5.82 Å². The van der Waals surface area contributed by atoms with Crippen molar-refractivity contribution in [1.82, 2.24) is 0 Å². The largest absolute Gasteiger partial charge is 0.492 e. The number of nitriles is 1. The first-order valence-corrected chi connectivity index (χ1v) is 4.62. The molecule has 1 aromatic rings. The minimum atomic E-state index is -0.602. The molecule has 0 aromatic heterocycles. The van der Waals surface area contributed by atoms with E-state index in [0.717, 1.165) is 0 Å². The third kappa shape index (κ3) is 3.15. The normalized spacial score (nSPS) is 9.00. The molecule has 0 bridgehead atoms. The molecule has 0 spiro atoms. The Hall–Kier alpha value is -2.25. The van der Waals surface area contributed by atoms with Gasteiger partial charge >= 0.3 is 0 Å². The monoisotopic (exact) mass is 220 g/mol. The summed E-state index contributed by atoms with van der Waals surface area (Å²) in [5, 5.41) is 12.0. The van der Waals surface area contributed by atoms with E-state index in [2.05, 4.69) is 10.0 Å². The Labute approximate surface area is 91.7 Å². The second-order valence-corrected chi connectivity index (χ2v) is 2.88. The first-order chi connectivity index (χ1) is 7.79. The fourth-order valence-electron chi connectivity index (χ4n) is 1.10. The topological polar surface area (TPSA) is 81.8 Å². The maximum Gasteiger partial charge on any atom is 0.144 e. The molecule has 0 aliphatic heterocycles. The van der Waals surface area contributed by atoms with E-state index in [9.17, 15) is 4.39 Å². The van der Waals surface area contributed by atoms with Crippen molar-refractivity contribution in [2.45, 2.75) is 6.42 Å². The number of rotatable bonds is 5. The molecule has 0 unspecified atom stereocenters. The van der Waals surface area contributed by atoms with Crippen molar-refractivity contribution in [3.05, 3.63) is 40.0 Å². The van der Waals surface area contributed by atoms with Crippen LogP contribution in [0.4, 0.5) is 4.39 Å². The maximum absolute atomic E-state index is 13.1. The molecule has 1 aromatic carbocycles. The molecule has 0 fully saturated rings. The number of halogens is 1. The van der Waals surface area contributed by atoms with Gasteiger partial charge in [-0.05, 0) is 24.1 Å². The van der Waals surface area contributed by atoms with Crippen LogP contribution < -0.4 is 4.74 Å². The molecule has 0 N–H and O–H groups in total. The Kier molecular flexibility index (Phi) is 4.64. The van der Waals surface area contributed by atoms with Gasteiger partial charge in [-0.2, -0.15) is 5.26 Å². The van der Waals surface area contributed by atoms with Crippen molar-refractivity contribution in [2.24, 2.45) is 5.11 Å². The van der Waals surface area contributed by atoms with E-state index in [1.54, 1.807) is 6.07 Å². The Morgan fingerprint density at radius 1 is 1.56 bits per heavy atom. The molecule has 0 saturated carbocycles. The number of benzene rings is 1. The van der Waals surface area contributed by atoms with Crippen molar-refractivity contribution in [3.8, 4) is 11.8 Å². The van der Waals surface area contributed by atoms with Crippen LogP contribution in [0.3, 0.4) is 0 Å². The molecule has 0 atom stereocenters. The molecular weight excluding hydrogens is 211 g/mol. The second-order valence-electron chi connectivity index (χ2n) is 2.88. The lowest BCUT2D eigenvalue weighted by molar-refractivity contribution is 0.311. The van der Waals surface area contributed by atoms with Crippen LogP contribution in [-0.4, -0.2) is 13.2 Å². The van der Waals surface area contributed by atoms with Gasteiger partial charge in [-0.3, -0.25) is 0 Å². The highest BCUT2D eigenvalue weighted by molar-refractivity contribution is 5.43. The van der Waals surface area contributed by atoms with Gasteiger partial charge in [-0.1, -0.05) is 11.2 Å². The molecule has 6 heteroatoms. The molecule has 1 rings (SSSR count). The van der Waals surface area contributed by atoms with Crippen molar-refractivity contribution in [2.75, 3.05) is 13.2 Å². The lowest BCUT2D eigenvalue weighted by Crippen LogP contribution is -2.01. The van der Waals surface area contributed by atoms with Gasteiger partial charge < -0.3 is 4.74 Å². The van der Waals surface area contributed by atoms with E-state index in [4.69, 9.17) is 15.5 Å². The van der Waals surface area contributed by atoms with Crippen LogP contribution >= 0.6 is 0 Å². The summed E-state index contributed by atoms with van der Waals surface area (Å²) >= 11 is 0. The molecule has 0 amide bonds. The Balaban J connectivity index is 2.57. The van der Waals surface area contributed by atoms with Crippen molar-refractivity contribution >= 4 is 0 Å². The highest BCUT2D eigenvalue weighted by Crippen LogP contribution is 2.20. The van der Waals surface area contributed by atoms with E-state index in [0.29, 0.717) is 13.0 Å². The SMILES string of the molecule is N#Cc1c(F)cccc1OCCCN=[N+]=[N-]. The van der Waals surface area contributed by atoms with Gasteiger partial charge in [0.2, 0.25) is 0 Å². The third-order valence-electron chi connectivity index (χ3n) is 1.81. The quantitative estimate of drug-likeness (QED) is 0.331. The summed E-state index contributed by atoms with van der Waals surface area (Å²) in [6, 6.07) is 5.93. The number of azide groups is 1. The Morgan fingerprint density at radius 2 is 2.38 bits per heavy atom. The lowest BCUT2D eigenvalue weighted by atomic mass is 10.2. The predicted octanol–water partition coefficient (Wildman–Crippen LogP) is 2.78. The predicted molar refractivity (Wildman–Crippen MR) is 55.2 cm³/mol. The molecule has 0 heterocycles. The van der Waals surface area contributed by atoms with Crippen molar-refractivity contribution < 1.29 is 9.13 Å². The summed E-state index contributed by atoms with van der Waals surface area (Å²) in [6.45, 7) is 0.588. The van der Waals surface area contributed by atoms with Crippen LogP contribution in [0.2, 0.25) is 0 Å². The third-order valence-corrected chi connectivity index (χ3v) is 1.81. The van der Waals surface area contributed by atoms with E-state index in [1.807, 2.05) is 0 Å². The van der Waals surface area contributed by atoms with Gasteiger partial charge in [0.05, 0.1) is 6.61 Å². The highest BCUT2D eigenvalue weighted by atomic mass is 19.1. The number of nitrogens with zero attached hydrogens (tertiary/aromatic N) is 4.